The summed E-state index contributed by atoms with van der Waals surface area (Å²) in [6.07, 6.45) is 5.42. The van der Waals surface area contributed by atoms with E-state index in [0.29, 0.717) is 18.4 Å². The fraction of sp³-hybridized carbons (Fsp3) is 0.714. The largest absolute Gasteiger partial charge is 0.395 e. The summed E-state index contributed by atoms with van der Waals surface area (Å²) >= 11 is 0. The lowest BCUT2D eigenvalue weighted by Gasteiger charge is -2.32. The molecule has 0 saturated heterocycles. The molecule has 0 aromatic carbocycles. The Hall–Kier alpha value is -1.36. The van der Waals surface area contributed by atoms with Crippen molar-refractivity contribution >= 4 is 11.6 Å². The quantitative estimate of drug-likeness (QED) is 0.752. The highest BCUT2D eigenvalue weighted by atomic mass is 16.3. The van der Waals surface area contributed by atoms with E-state index in [2.05, 4.69) is 35.6 Å². The van der Waals surface area contributed by atoms with E-state index in [9.17, 15) is 5.11 Å². The molecular formula is C14H26N4O. The highest BCUT2D eigenvalue weighted by Gasteiger charge is 2.20. The summed E-state index contributed by atoms with van der Waals surface area (Å²) in [7, 11) is 0. The Morgan fingerprint density at radius 2 is 1.95 bits per heavy atom. The second-order valence-corrected chi connectivity index (χ2v) is 4.70. The van der Waals surface area contributed by atoms with Crippen molar-refractivity contribution in [1.82, 2.24) is 9.97 Å². The maximum absolute atomic E-state index is 9.31. The molecule has 0 unspecified atom stereocenters. The Kier molecular flexibility index (Phi) is 6.56. The number of rotatable bonds is 8. The van der Waals surface area contributed by atoms with Gasteiger partial charge in [0.1, 0.15) is 18.0 Å². The van der Waals surface area contributed by atoms with Gasteiger partial charge in [-0.05, 0) is 19.3 Å². The molecule has 1 heterocycles. The van der Waals surface area contributed by atoms with E-state index in [4.69, 9.17) is 5.73 Å². The third-order valence-electron chi connectivity index (χ3n) is 3.45. The predicted molar refractivity (Wildman–Crippen MR) is 79.2 cm³/mol. The van der Waals surface area contributed by atoms with Crippen molar-refractivity contribution in [3.05, 3.63) is 11.9 Å². The molecule has 108 valence electrons. The molecule has 1 aromatic rings. The van der Waals surface area contributed by atoms with Crippen molar-refractivity contribution in [2.24, 2.45) is 0 Å². The molecule has 0 atom stereocenters. The minimum atomic E-state index is 0.117. The van der Waals surface area contributed by atoms with Crippen LogP contribution in [0.3, 0.4) is 0 Å². The lowest BCUT2D eigenvalue weighted by molar-refractivity contribution is 0.295. The second-order valence-electron chi connectivity index (χ2n) is 4.70. The van der Waals surface area contributed by atoms with Crippen LogP contribution in [0.2, 0.25) is 0 Å². The van der Waals surface area contributed by atoms with Crippen molar-refractivity contribution in [2.75, 3.05) is 23.8 Å². The third kappa shape index (κ3) is 3.80. The number of hydrogen-bond donors (Lipinski definition) is 2. The Morgan fingerprint density at radius 3 is 2.47 bits per heavy atom. The van der Waals surface area contributed by atoms with Crippen LogP contribution < -0.4 is 10.6 Å². The number of aromatic nitrogens is 2. The van der Waals surface area contributed by atoms with Crippen LogP contribution in [0.5, 0.6) is 0 Å². The van der Waals surface area contributed by atoms with Gasteiger partial charge in [-0.25, -0.2) is 9.97 Å². The predicted octanol–water partition coefficient (Wildman–Crippen LogP) is 2.00. The zero-order chi connectivity index (χ0) is 14.3. The number of nitrogens with two attached hydrogens (primary N) is 1. The zero-order valence-electron chi connectivity index (χ0n) is 12.3. The maximum Gasteiger partial charge on any atom is 0.137 e. The van der Waals surface area contributed by atoms with Crippen LogP contribution in [0, 0.1) is 0 Å². The van der Waals surface area contributed by atoms with Crippen molar-refractivity contribution in [2.45, 2.75) is 52.5 Å². The van der Waals surface area contributed by atoms with Crippen LogP contribution in [0.15, 0.2) is 6.33 Å². The minimum absolute atomic E-state index is 0.117. The molecule has 0 saturated carbocycles. The van der Waals surface area contributed by atoms with E-state index >= 15 is 0 Å². The van der Waals surface area contributed by atoms with Crippen LogP contribution in [0.1, 0.15) is 45.6 Å². The highest BCUT2D eigenvalue weighted by molar-refractivity contribution is 5.57. The monoisotopic (exact) mass is 266 g/mol. The molecule has 0 aliphatic carbocycles. The molecule has 19 heavy (non-hydrogen) atoms. The molecule has 0 radical (unpaired) electrons. The van der Waals surface area contributed by atoms with Crippen LogP contribution in [-0.2, 0) is 6.42 Å². The van der Waals surface area contributed by atoms with Gasteiger partial charge in [-0.1, -0.05) is 27.2 Å². The van der Waals surface area contributed by atoms with E-state index in [1.165, 1.54) is 6.33 Å². The molecule has 0 spiro atoms. The summed E-state index contributed by atoms with van der Waals surface area (Å²) in [6, 6.07) is 0.372. The molecule has 1 rings (SSSR count). The molecule has 0 amide bonds. The van der Waals surface area contributed by atoms with Crippen LogP contribution in [0.4, 0.5) is 11.6 Å². The molecule has 0 aliphatic heterocycles. The fourth-order valence-corrected chi connectivity index (χ4v) is 2.45. The van der Waals surface area contributed by atoms with Gasteiger partial charge in [0.05, 0.1) is 6.61 Å². The molecule has 0 aliphatic rings. The van der Waals surface area contributed by atoms with Gasteiger partial charge < -0.3 is 15.7 Å². The van der Waals surface area contributed by atoms with Gasteiger partial charge in [0.2, 0.25) is 0 Å². The van der Waals surface area contributed by atoms with Gasteiger partial charge in [0.25, 0.3) is 0 Å². The van der Waals surface area contributed by atoms with E-state index in [1.807, 2.05) is 0 Å². The van der Waals surface area contributed by atoms with Gasteiger partial charge in [0, 0.05) is 18.2 Å². The first-order chi connectivity index (χ1) is 9.19. The molecule has 0 bridgehead atoms. The Bertz CT molecular complexity index is 380. The molecule has 0 fully saturated rings. The van der Waals surface area contributed by atoms with E-state index in [-0.39, 0.29) is 6.61 Å². The maximum atomic E-state index is 9.31. The summed E-state index contributed by atoms with van der Waals surface area (Å²) in [5.41, 5.74) is 6.99. The SMILES string of the molecule is CCCc1c(N)ncnc1N(CCO)C(CC)CC. The normalized spacial score (nSPS) is 11.0. The van der Waals surface area contributed by atoms with Crippen molar-refractivity contribution < 1.29 is 5.11 Å². The molecule has 3 N–H and O–H groups in total. The number of aliphatic hydroxyl groups excluding tert-OH is 1. The zero-order valence-corrected chi connectivity index (χ0v) is 12.3. The first-order valence-corrected chi connectivity index (χ1v) is 7.16. The van der Waals surface area contributed by atoms with Gasteiger partial charge in [0.15, 0.2) is 0 Å². The average Bonchev–Trinajstić information content (AvgIpc) is 2.42. The van der Waals surface area contributed by atoms with Crippen LogP contribution in [-0.4, -0.2) is 34.3 Å². The molecular weight excluding hydrogens is 240 g/mol. The molecule has 5 nitrogen and oxygen atoms in total. The number of nitrogens with zero attached hydrogens (tertiary/aromatic N) is 3. The number of aliphatic hydroxyl groups is 1. The summed E-state index contributed by atoms with van der Waals surface area (Å²) in [5, 5.41) is 9.31. The van der Waals surface area contributed by atoms with Crippen LogP contribution in [0.25, 0.3) is 0 Å². The number of nitrogen functional groups attached to an aromatic ring is 1. The topological polar surface area (TPSA) is 75.3 Å². The summed E-state index contributed by atoms with van der Waals surface area (Å²) in [4.78, 5) is 10.7. The second kappa shape index (κ2) is 7.94. The third-order valence-corrected chi connectivity index (χ3v) is 3.45. The highest BCUT2D eigenvalue weighted by Crippen LogP contribution is 2.26. The Labute approximate surface area is 115 Å². The fourth-order valence-electron chi connectivity index (χ4n) is 2.45. The summed E-state index contributed by atoms with van der Waals surface area (Å²) in [6.45, 7) is 7.13. The van der Waals surface area contributed by atoms with E-state index in [0.717, 1.165) is 37.1 Å². The van der Waals surface area contributed by atoms with Gasteiger partial charge in [-0.2, -0.15) is 0 Å². The van der Waals surface area contributed by atoms with Gasteiger partial charge in [-0.3, -0.25) is 0 Å². The van der Waals surface area contributed by atoms with Crippen molar-refractivity contribution in [3.8, 4) is 0 Å². The standard InChI is InChI=1S/C14H26N4O/c1-4-7-12-13(15)16-10-17-14(12)18(8-9-19)11(5-2)6-3/h10-11,19H,4-9H2,1-3H3,(H2,15,16,17). The van der Waals surface area contributed by atoms with Crippen LogP contribution >= 0.6 is 0 Å². The smallest absolute Gasteiger partial charge is 0.137 e. The molecule has 5 heteroatoms. The van der Waals surface area contributed by atoms with Gasteiger partial charge >= 0.3 is 0 Å². The Morgan fingerprint density at radius 1 is 1.26 bits per heavy atom. The number of anilines is 2. The van der Waals surface area contributed by atoms with E-state index < -0.39 is 0 Å². The summed E-state index contributed by atoms with van der Waals surface area (Å²) in [5.74, 6) is 1.44. The van der Waals surface area contributed by atoms with Crippen molar-refractivity contribution in [1.29, 1.82) is 0 Å². The summed E-state index contributed by atoms with van der Waals surface area (Å²) < 4.78 is 0. The molecule has 1 aromatic heterocycles. The first kappa shape index (κ1) is 15.7. The van der Waals surface area contributed by atoms with Gasteiger partial charge in [-0.15, -0.1) is 0 Å². The average molecular weight is 266 g/mol. The first-order valence-electron chi connectivity index (χ1n) is 7.16. The Balaban J connectivity index is 3.17. The lowest BCUT2D eigenvalue weighted by Crippen LogP contribution is -2.38. The van der Waals surface area contributed by atoms with Crippen molar-refractivity contribution in [3.63, 3.8) is 0 Å². The number of hydrogen-bond acceptors (Lipinski definition) is 5. The van der Waals surface area contributed by atoms with E-state index in [1.54, 1.807) is 0 Å². The lowest BCUT2D eigenvalue weighted by atomic mass is 10.1. The minimum Gasteiger partial charge on any atom is -0.395 e.